The maximum atomic E-state index is 12.2. The van der Waals surface area contributed by atoms with Gasteiger partial charge in [-0.2, -0.15) is 0 Å². The highest BCUT2D eigenvalue weighted by Gasteiger charge is 2.33. The molecule has 1 rings (SSSR count). The molecule has 1 aliphatic heterocycles. The summed E-state index contributed by atoms with van der Waals surface area (Å²) >= 11 is 0. The third-order valence-electron chi connectivity index (χ3n) is 3.93. The van der Waals surface area contributed by atoms with Crippen LogP contribution in [0, 0.1) is 17.3 Å². The van der Waals surface area contributed by atoms with Crippen molar-refractivity contribution in [1.29, 1.82) is 0 Å². The Kier molecular flexibility index (Phi) is 6.20. The van der Waals surface area contributed by atoms with Crippen molar-refractivity contribution in [3.63, 3.8) is 0 Å². The molecule has 0 saturated carbocycles. The molecular weight excluding hydrogens is 286 g/mol. The highest BCUT2D eigenvalue weighted by atomic mass is 16.4. The number of carbonyl (C=O) groups is 3. The molecular formula is C15H27N3O4. The molecule has 0 aromatic rings. The molecule has 1 heterocycles. The van der Waals surface area contributed by atoms with Crippen LogP contribution < -0.4 is 10.6 Å². The highest BCUT2D eigenvalue weighted by Crippen LogP contribution is 2.22. The van der Waals surface area contributed by atoms with Gasteiger partial charge in [-0.05, 0) is 33.1 Å². The van der Waals surface area contributed by atoms with Crippen molar-refractivity contribution in [3.05, 3.63) is 0 Å². The van der Waals surface area contributed by atoms with Gasteiger partial charge in [0.2, 0.25) is 5.91 Å². The molecule has 0 spiro atoms. The summed E-state index contributed by atoms with van der Waals surface area (Å²) in [6.45, 7) is 8.81. The molecule has 0 aromatic carbocycles. The molecule has 1 aliphatic rings. The number of piperidine rings is 1. The topological polar surface area (TPSA) is 98.7 Å². The van der Waals surface area contributed by atoms with Crippen molar-refractivity contribution in [3.8, 4) is 0 Å². The average molecular weight is 313 g/mol. The van der Waals surface area contributed by atoms with Gasteiger partial charge in [-0.15, -0.1) is 0 Å². The molecule has 126 valence electrons. The van der Waals surface area contributed by atoms with Gasteiger partial charge in [0, 0.05) is 26.2 Å². The number of hydrogen-bond acceptors (Lipinski definition) is 3. The molecule has 3 N–H and O–H groups in total. The number of likely N-dealkylation sites (tertiary alicyclic amines) is 1. The fourth-order valence-electron chi connectivity index (χ4n) is 2.58. The first-order valence-corrected chi connectivity index (χ1v) is 7.71. The Hall–Kier alpha value is -1.79. The Morgan fingerprint density at radius 2 is 1.86 bits per heavy atom. The van der Waals surface area contributed by atoms with Gasteiger partial charge in [0.25, 0.3) is 0 Å². The van der Waals surface area contributed by atoms with Crippen molar-refractivity contribution in [2.45, 2.75) is 34.1 Å². The van der Waals surface area contributed by atoms with Crippen LogP contribution in [-0.4, -0.2) is 54.1 Å². The third kappa shape index (κ3) is 4.89. The predicted octanol–water partition coefficient (Wildman–Crippen LogP) is 0.901. The quantitative estimate of drug-likeness (QED) is 0.702. The summed E-state index contributed by atoms with van der Waals surface area (Å²) in [5, 5.41) is 14.6. The lowest BCUT2D eigenvalue weighted by molar-refractivity contribution is -0.143. The normalized spacial score (nSPS) is 22.1. The second-order valence-corrected chi connectivity index (χ2v) is 6.68. The Morgan fingerprint density at radius 3 is 2.41 bits per heavy atom. The summed E-state index contributed by atoms with van der Waals surface area (Å²) in [5.41, 5.74) is -0.709. The molecule has 1 fully saturated rings. The van der Waals surface area contributed by atoms with E-state index in [1.54, 1.807) is 13.8 Å². The zero-order valence-electron chi connectivity index (χ0n) is 13.8. The first-order chi connectivity index (χ1) is 10.2. The second-order valence-electron chi connectivity index (χ2n) is 6.68. The van der Waals surface area contributed by atoms with E-state index in [2.05, 4.69) is 10.6 Å². The smallest absolute Gasteiger partial charge is 0.317 e. The van der Waals surface area contributed by atoms with Crippen molar-refractivity contribution < 1.29 is 19.5 Å². The highest BCUT2D eigenvalue weighted by molar-refractivity contribution is 5.83. The minimum Gasteiger partial charge on any atom is -0.481 e. The van der Waals surface area contributed by atoms with E-state index in [0.717, 1.165) is 0 Å². The maximum Gasteiger partial charge on any atom is 0.317 e. The van der Waals surface area contributed by atoms with Crippen molar-refractivity contribution >= 4 is 17.9 Å². The number of hydrogen-bond donors (Lipinski definition) is 3. The number of carbonyl (C=O) groups excluding carboxylic acids is 2. The molecule has 3 amide bonds. The van der Waals surface area contributed by atoms with Crippen LogP contribution in [0.25, 0.3) is 0 Å². The molecule has 22 heavy (non-hydrogen) atoms. The van der Waals surface area contributed by atoms with Crippen LogP contribution in [0.4, 0.5) is 4.79 Å². The van der Waals surface area contributed by atoms with Crippen LogP contribution in [0.15, 0.2) is 0 Å². The van der Waals surface area contributed by atoms with Crippen LogP contribution in [0.2, 0.25) is 0 Å². The number of amides is 3. The number of aliphatic carboxylic acids is 1. The first-order valence-electron chi connectivity index (χ1n) is 7.71. The van der Waals surface area contributed by atoms with E-state index >= 15 is 0 Å². The van der Waals surface area contributed by atoms with Crippen molar-refractivity contribution in [1.82, 2.24) is 15.5 Å². The van der Waals surface area contributed by atoms with E-state index in [4.69, 9.17) is 5.11 Å². The Balaban J connectivity index is 2.57. The van der Waals surface area contributed by atoms with Gasteiger partial charge in [-0.25, -0.2) is 4.79 Å². The summed E-state index contributed by atoms with van der Waals surface area (Å²) in [7, 11) is 0. The standard InChI is InChI=1S/C15H27N3O4/c1-5-16-13(21)15(3,4)9-17-14(22)18-7-10(2)6-11(8-18)12(19)20/h10-11H,5-9H2,1-4H3,(H,16,21)(H,17,22)(H,19,20). The van der Waals surface area contributed by atoms with Crippen LogP contribution >= 0.6 is 0 Å². The summed E-state index contributed by atoms with van der Waals surface area (Å²) in [6, 6.07) is -0.310. The fourth-order valence-corrected chi connectivity index (χ4v) is 2.58. The summed E-state index contributed by atoms with van der Waals surface area (Å²) in [6.07, 6.45) is 0.587. The lowest BCUT2D eigenvalue weighted by Gasteiger charge is -2.35. The Labute approximate surface area is 131 Å². The van der Waals surface area contributed by atoms with Crippen LogP contribution in [-0.2, 0) is 9.59 Å². The second kappa shape index (κ2) is 7.47. The third-order valence-corrected chi connectivity index (χ3v) is 3.93. The van der Waals surface area contributed by atoms with Gasteiger partial charge >= 0.3 is 12.0 Å². The molecule has 7 nitrogen and oxygen atoms in total. The molecule has 2 atom stereocenters. The van der Waals surface area contributed by atoms with Gasteiger partial charge in [0.05, 0.1) is 11.3 Å². The maximum absolute atomic E-state index is 12.2. The monoisotopic (exact) mass is 313 g/mol. The molecule has 2 unspecified atom stereocenters. The van der Waals surface area contributed by atoms with Crippen molar-refractivity contribution in [2.24, 2.45) is 17.3 Å². The number of nitrogens with zero attached hydrogens (tertiary/aromatic N) is 1. The lowest BCUT2D eigenvalue weighted by Crippen LogP contribution is -2.52. The molecule has 1 saturated heterocycles. The van der Waals surface area contributed by atoms with E-state index < -0.39 is 17.3 Å². The Morgan fingerprint density at radius 1 is 1.23 bits per heavy atom. The van der Waals surface area contributed by atoms with Crippen LogP contribution in [0.3, 0.4) is 0 Å². The number of rotatable bonds is 5. The van der Waals surface area contributed by atoms with Gasteiger partial charge < -0.3 is 20.6 Å². The van der Waals surface area contributed by atoms with Gasteiger partial charge in [-0.1, -0.05) is 6.92 Å². The van der Waals surface area contributed by atoms with Gasteiger partial charge in [-0.3, -0.25) is 9.59 Å². The molecule has 0 radical (unpaired) electrons. The number of carboxylic acid groups (broad SMARTS) is 1. The molecule has 0 bridgehead atoms. The number of urea groups is 1. The van der Waals surface area contributed by atoms with Crippen molar-refractivity contribution in [2.75, 3.05) is 26.2 Å². The fraction of sp³-hybridized carbons (Fsp3) is 0.800. The van der Waals surface area contributed by atoms with E-state index in [-0.39, 0.29) is 30.9 Å². The van der Waals surface area contributed by atoms with Crippen LogP contribution in [0.1, 0.15) is 34.1 Å². The predicted molar refractivity (Wildman–Crippen MR) is 82.3 cm³/mol. The largest absolute Gasteiger partial charge is 0.481 e. The van der Waals surface area contributed by atoms with E-state index in [1.807, 2.05) is 13.8 Å². The first kappa shape index (κ1) is 18.3. The van der Waals surface area contributed by atoms with Crippen LogP contribution in [0.5, 0.6) is 0 Å². The zero-order valence-corrected chi connectivity index (χ0v) is 13.8. The summed E-state index contributed by atoms with van der Waals surface area (Å²) in [4.78, 5) is 36.8. The SMILES string of the molecule is CCNC(=O)C(C)(C)CNC(=O)N1CC(C)CC(C(=O)O)C1. The average Bonchev–Trinajstić information content (AvgIpc) is 2.44. The summed E-state index contributed by atoms with van der Waals surface area (Å²) < 4.78 is 0. The lowest BCUT2D eigenvalue weighted by atomic mass is 9.90. The molecule has 0 aliphatic carbocycles. The minimum absolute atomic E-state index is 0.120. The zero-order chi connectivity index (χ0) is 16.9. The number of nitrogens with one attached hydrogen (secondary N) is 2. The number of carboxylic acids is 1. The summed E-state index contributed by atoms with van der Waals surface area (Å²) in [5.74, 6) is -1.36. The Bertz CT molecular complexity index is 437. The van der Waals surface area contributed by atoms with E-state index in [1.165, 1.54) is 4.90 Å². The van der Waals surface area contributed by atoms with E-state index in [9.17, 15) is 14.4 Å². The molecule has 0 aromatic heterocycles. The molecule has 7 heteroatoms. The van der Waals surface area contributed by atoms with Gasteiger partial charge in [0.15, 0.2) is 0 Å². The van der Waals surface area contributed by atoms with E-state index in [0.29, 0.717) is 19.5 Å². The minimum atomic E-state index is -0.869. The van der Waals surface area contributed by atoms with Gasteiger partial charge in [0.1, 0.15) is 0 Å².